The molecule has 0 aliphatic rings. The largest absolute Gasteiger partial charge is 0.478 e. The summed E-state index contributed by atoms with van der Waals surface area (Å²) in [7, 11) is 0. The fraction of sp³-hybridized carbons (Fsp3) is 0.0667. The average Bonchev–Trinajstić information content (AvgIpc) is 2.86. The Morgan fingerprint density at radius 1 is 1.25 bits per heavy atom. The number of rotatable bonds is 3. The van der Waals surface area contributed by atoms with Gasteiger partial charge < -0.3 is 15.4 Å². The van der Waals surface area contributed by atoms with E-state index in [4.69, 9.17) is 16.7 Å². The summed E-state index contributed by atoms with van der Waals surface area (Å²) in [5.74, 6) is -1.08. The van der Waals surface area contributed by atoms with Crippen LogP contribution in [0.2, 0.25) is 5.02 Å². The van der Waals surface area contributed by atoms with E-state index in [2.05, 4.69) is 15.3 Å². The second kappa shape index (κ2) is 5.72. The first-order chi connectivity index (χ1) is 11.3. The summed E-state index contributed by atoms with van der Waals surface area (Å²) in [6.45, 7) is 0. The number of nitrogens with zero attached hydrogens (tertiary/aromatic N) is 1. The number of imidazole rings is 1. The molecule has 0 radical (unpaired) electrons. The Hall–Kier alpha value is -2.74. The Balaban J connectivity index is 2.02. The van der Waals surface area contributed by atoms with Gasteiger partial charge in [0, 0.05) is 0 Å². The van der Waals surface area contributed by atoms with E-state index in [1.54, 1.807) is 0 Å². The van der Waals surface area contributed by atoms with Crippen LogP contribution >= 0.6 is 11.6 Å². The highest BCUT2D eigenvalue weighted by Gasteiger charge is 2.36. The topological polar surface area (TPSA) is 78.0 Å². The predicted molar refractivity (Wildman–Crippen MR) is 82.8 cm³/mol. The first-order valence-electron chi connectivity index (χ1n) is 6.61. The van der Waals surface area contributed by atoms with Crippen molar-refractivity contribution >= 4 is 40.2 Å². The summed E-state index contributed by atoms with van der Waals surface area (Å²) in [5, 5.41) is 11.1. The minimum absolute atomic E-state index is 0.0271. The zero-order chi connectivity index (χ0) is 17.5. The van der Waals surface area contributed by atoms with Gasteiger partial charge in [0.2, 0.25) is 5.95 Å². The molecule has 3 aromatic rings. The van der Waals surface area contributed by atoms with Gasteiger partial charge in [-0.15, -0.1) is 0 Å². The summed E-state index contributed by atoms with van der Waals surface area (Å²) in [6, 6.07) is 7.93. The van der Waals surface area contributed by atoms with Crippen molar-refractivity contribution in [2.45, 2.75) is 6.18 Å². The lowest BCUT2D eigenvalue weighted by molar-refractivity contribution is -0.136. The Morgan fingerprint density at radius 2 is 2.00 bits per heavy atom. The van der Waals surface area contributed by atoms with Gasteiger partial charge in [0.15, 0.2) is 0 Å². The molecule has 0 aliphatic heterocycles. The van der Waals surface area contributed by atoms with Crippen molar-refractivity contribution in [1.29, 1.82) is 0 Å². The van der Waals surface area contributed by atoms with Crippen LogP contribution in [0.15, 0.2) is 36.4 Å². The van der Waals surface area contributed by atoms with Gasteiger partial charge in [0.25, 0.3) is 0 Å². The lowest BCUT2D eigenvalue weighted by Crippen LogP contribution is -2.10. The molecule has 0 bridgehead atoms. The van der Waals surface area contributed by atoms with Gasteiger partial charge in [0.05, 0.1) is 32.9 Å². The normalized spacial score (nSPS) is 11.7. The molecule has 9 heteroatoms. The number of benzene rings is 2. The summed E-state index contributed by atoms with van der Waals surface area (Å²) in [4.78, 5) is 17.8. The van der Waals surface area contributed by atoms with Crippen LogP contribution < -0.4 is 5.32 Å². The number of aromatic amines is 1. The minimum Gasteiger partial charge on any atom is -0.478 e. The molecule has 0 fully saturated rings. The van der Waals surface area contributed by atoms with Crippen LogP contribution in [0.3, 0.4) is 0 Å². The monoisotopic (exact) mass is 355 g/mol. The Bertz CT molecular complexity index is 937. The number of hydrogen-bond acceptors (Lipinski definition) is 3. The highest BCUT2D eigenvalue weighted by Crippen LogP contribution is 2.40. The quantitative estimate of drug-likeness (QED) is 0.637. The molecule has 1 aromatic heterocycles. The van der Waals surface area contributed by atoms with Crippen molar-refractivity contribution in [3.05, 3.63) is 52.5 Å². The van der Waals surface area contributed by atoms with E-state index in [0.717, 1.165) is 6.07 Å². The maximum absolute atomic E-state index is 13.1. The summed E-state index contributed by atoms with van der Waals surface area (Å²) >= 11 is 5.66. The van der Waals surface area contributed by atoms with E-state index in [1.807, 2.05) is 0 Å². The molecule has 0 amide bonds. The van der Waals surface area contributed by atoms with Gasteiger partial charge >= 0.3 is 12.1 Å². The smallest absolute Gasteiger partial charge is 0.419 e. The second-order valence-corrected chi connectivity index (χ2v) is 5.31. The molecule has 24 heavy (non-hydrogen) atoms. The highest BCUT2D eigenvalue weighted by atomic mass is 35.5. The number of fused-ring (bicyclic) bond motifs is 1. The van der Waals surface area contributed by atoms with Crippen LogP contribution in [0.1, 0.15) is 15.9 Å². The number of carboxylic acid groups (broad SMARTS) is 1. The summed E-state index contributed by atoms with van der Waals surface area (Å²) in [6.07, 6.45) is -4.64. The van der Waals surface area contributed by atoms with E-state index in [9.17, 15) is 18.0 Å². The first kappa shape index (κ1) is 16.1. The molecular formula is C15H9ClF3N3O2. The summed E-state index contributed by atoms with van der Waals surface area (Å²) in [5.41, 5.74) is -0.434. The number of alkyl halides is 3. The molecular weight excluding hydrogens is 347 g/mol. The molecule has 0 saturated carbocycles. The van der Waals surface area contributed by atoms with Crippen LogP contribution in [0.25, 0.3) is 11.0 Å². The van der Waals surface area contributed by atoms with E-state index < -0.39 is 22.7 Å². The van der Waals surface area contributed by atoms with Crippen molar-refractivity contribution in [3.8, 4) is 0 Å². The molecule has 0 atom stereocenters. The van der Waals surface area contributed by atoms with Gasteiger partial charge in [-0.3, -0.25) is 0 Å². The molecule has 0 aliphatic carbocycles. The van der Waals surface area contributed by atoms with Gasteiger partial charge in [-0.1, -0.05) is 17.7 Å². The number of carboxylic acids is 1. The van der Waals surface area contributed by atoms with Crippen LogP contribution in [-0.2, 0) is 6.18 Å². The van der Waals surface area contributed by atoms with Crippen LogP contribution in [-0.4, -0.2) is 21.0 Å². The molecule has 5 nitrogen and oxygen atoms in total. The standard InChI is InChI=1S/C15H9ClF3N3O2/c16-8-2-1-3-10(12(8)15(17,18)19)21-14-20-9-5-4-7(13(23)24)6-11(9)22-14/h1-6H,(H,23,24)(H2,20,21,22). The zero-order valence-corrected chi connectivity index (χ0v) is 12.5. The van der Waals surface area contributed by atoms with Gasteiger partial charge in [-0.2, -0.15) is 13.2 Å². The van der Waals surface area contributed by atoms with E-state index in [1.165, 1.54) is 30.3 Å². The third kappa shape index (κ3) is 3.00. The fourth-order valence-corrected chi connectivity index (χ4v) is 2.52. The molecule has 1 heterocycles. The van der Waals surface area contributed by atoms with Gasteiger partial charge in [0.1, 0.15) is 0 Å². The number of nitrogens with one attached hydrogen (secondary N) is 2. The Kier molecular flexibility index (Phi) is 3.84. The third-order valence-electron chi connectivity index (χ3n) is 3.28. The van der Waals surface area contributed by atoms with Crippen LogP contribution in [0, 0.1) is 0 Å². The van der Waals surface area contributed by atoms with Crippen molar-refractivity contribution in [2.24, 2.45) is 0 Å². The predicted octanol–water partition coefficient (Wildman–Crippen LogP) is 4.68. The van der Waals surface area contributed by atoms with Gasteiger partial charge in [-0.05, 0) is 30.3 Å². The maximum atomic E-state index is 13.1. The lowest BCUT2D eigenvalue weighted by atomic mass is 10.1. The van der Waals surface area contributed by atoms with Gasteiger partial charge in [-0.25, -0.2) is 9.78 Å². The number of aromatic nitrogens is 2. The van der Waals surface area contributed by atoms with Crippen LogP contribution in [0.4, 0.5) is 24.8 Å². The highest BCUT2D eigenvalue weighted by molar-refractivity contribution is 6.31. The molecule has 0 unspecified atom stereocenters. The second-order valence-electron chi connectivity index (χ2n) is 4.91. The number of carbonyl (C=O) groups is 1. The SMILES string of the molecule is O=C(O)c1ccc2[nH]c(Nc3cccc(Cl)c3C(F)(F)F)nc2c1. The number of halogens is 4. The molecule has 0 saturated heterocycles. The Labute approximate surface area is 138 Å². The number of hydrogen-bond donors (Lipinski definition) is 3. The zero-order valence-electron chi connectivity index (χ0n) is 11.8. The van der Waals surface area contributed by atoms with E-state index in [-0.39, 0.29) is 17.2 Å². The minimum atomic E-state index is -4.64. The van der Waals surface area contributed by atoms with Crippen molar-refractivity contribution in [2.75, 3.05) is 5.32 Å². The molecule has 0 spiro atoms. The van der Waals surface area contributed by atoms with E-state index in [0.29, 0.717) is 11.0 Å². The molecule has 124 valence electrons. The molecule has 2 aromatic carbocycles. The van der Waals surface area contributed by atoms with Crippen molar-refractivity contribution < 1.29 is 23.1 Å². The fourth-order valence-electron chi connectivity index (χ4n) is 2.24. The van der Waals surface area contributed by atoms with Crippen molar-refractivity contribution in [3.63, 3.8) is 0 Å². The molecule has 3 N–H and O–H groups in total. The average molecular weight is 356 g/mol. The number of aromatic carboxylic acids is 1. The third-order valence-corrected chi connectivity index (χ3v) is 3.60. The molecule has 3 rings (SSSR count). The van der Waals surface area contributed by atoms with E-state index >= 15 is 0 Å². The lowest BCUT2D eigenvalue weighted by Gasteiger charge is -2.14. The number of H-pyrrole nitrogens is 1. The summed E-state index contributed by atoms with van der Waals surface area (Å²) < 4.78 is 39.4. The van der Waals surface area contributed by atoms with Crippen LogP contribution in [0.5, 0.6) is 0 Å². The Morgan fingerprint density at radius 3 is 2.67 bits per heavy atom. The van der Waals surface area contributed by atoms with Crippen molar-refractivity contribution in [1.82, 2.24) is 9.97 Å². The maximum Gasteiger partial charge on any atom is 0.419 e. The number of anilines is 2. The first-order valence-corrected chi connectivity index (χ1v) is 6.99.